The number of esters is 1. The molecule has 0 radical (unpaired) electrons. The average molecular weight is 577 g/mol. The molecule has 0 fully saturated rings. The van der Waals surface area contributed by atoms with Crippen molar-refractivity contribution in [2.75, 3.05) is 24.3 Å². The third-order valence-corrected chi connectivity index (χ3v) is 7.70. The van der Waals surface area contributed by atoms with Crippen molar-refractivity contribution < 1.29 is 31.9 Å². The van der Waals surface area contributed by atoms with E-state index in [1.165, 1.54) is 43.0 Å². The number of carbonyl (C=O) groups is 2. The molecule has 0 aliphatic heterocycles. The van der Waals surface area contributed by atoms with E-state index in [9.17, 15) is 22.4 Å². The van der Waals surface area contributed by atoms with E-state index in [2.05, 4.69) is 25.6 Å². The van der Waals surface area contributed by atoms with Crippen molar-refractivity contribution in [2.24, 2.45) is 5.11 Å². The molecule has 1 unspecified atom stereocenters. The molecule has 0 aliphatic rings. The second-order valence-corrected chi connectivity index (χ2v) is 11.8. The number of azide groups is 1. The number of rotatable bonds is 10. The normalized spacial score (nSPS) is 12.1. The molecule has 0 bridgehead atoms. The SMILES string of the molecule is COc1ccc(C(Nc2scnc2C(=O)OC(C)(C)C)S(=O)(=O)c2cccc(F)c2NC(=O)CN=[N+]=[N-])cc1. The smallest absolute Gasteiger partial charge is 0.360 e. The van der Waals surface area contributed by atoms with Gasteiger partial charge in [0, 0.05) is 4.91 Å². The number of ether oxygens (including phenoxy) is 2. The Balaban J connectivity index is 2.12. The van der Waals surface area contributed by atoms with Gasteiger partial charge in [0.05, 0.1) is 23.2 Å². The Hall–Kier alpha value is -4.20. The predicted octanol–water partition coefficient (Wildman–Crippen LogP) is 5.08. The number of methoxy groups -OCH3 is 1. The third kappa shape index (κ3) is 7.22. The van der Waals surface area contributed by atoms with Crippen LogP contribution in [0.1, 0.15) is 42.2 Å². The Morgan fingerprint density at radius 2 is 1.90 bits per heavy atom. The molecule has 0 aliphatic carbocycles. The number of halogens is 1. The van der Waals surface area contributed by atoms with Gasteiger partial charge < -0.3 is 20.1 Å². The summed E-state index contributed by atoms with van der Waals surface area (Å²) in [7, 11) is -3.08. The van der Waals surface area contributed by atoms with Crippen LogP contribution in [0.2, 0.25) is 0 Å². The van der Waals surface area contributed by atoms with E-state index in [1.807, 2.05) is 0 Å². The molecule has 15 heteroatoms. The Kier molecular flexibility index (Phi) is 9.11. The lowest BCUT2D eigenvalue weighted by Gasteiger charge is -2.23. The summed E-state index contributed by atoms with van der Waals surface area (Å²) in [4.78, 5) is 30.9. The van der Waals surface area contributed by atoms with Gasteiger partial charge in [-0.2, -0.15) is 0 Å². The Bertz CT molecular complexity index is 1510. The number of carbonyl (C=O) groups excluding carboxylic acids is 2. The summed E-state index contributed by atoms with van der Waals surface area (Å²) in [6, 6.07) is 9.32. The highest BCUT2D eigenvalue weighted by Crippen LogP contribution is 2.37. The van der Waals surface area contributed by atoms with Crippen LogP contribution in [0.3, 0.4) is 0 Å². The summed E-state index contributed by atoms with van der Waals surface area (Å²) < 4.78 is 53.5. The average Bonchev–Trinajstić information content (AvgIpc) is 3.35. The zero-order valence-corrected chi connectivity index (χ0v) is 23.0. The van der Waals surface area contributed by atoms with Crippen molar-refractivity contribution in [1.82, 2.24) is 4.98 Å². The number of anilines is 2. The Morgan fingerprint density at radius 3 is 2.51 bits per heavy atom. The molecule has 39 heavy (non-hydrogen) atoms. The second-order valence-electron chi connectivity index (χ2n) is 8.92. The summed E-state index contributed by atoms with van der Waals surface area (Å²) in [5.74, 6) is -2.25. The monoisotopic (exact) mass is 576 g/mol. The van der Waals surface area contributed by atoms with Gasteiger partial charge >= 0.3 is 5.97 Å². The first kappa shape index (κ1) is 29.4. The Labute approximate surface area is 227 Å². The van der Waals surface area contributed by atoms with Gasteiger partial charge in [-0.3, -0.25) is 4.79 Å². The van der Waals surface area contributed by atoms with Gasteiger partial charge in [-0.1, -0.05) is 23.3 Å². The minimum atomic E-state index is -4.53. The molecule has 12 nitrogen and oxygen atoms in total. The van der Waals surface area contributed by atoms with Crippen LogP contribution in [-0.2, 0) is 19.4 Å². The number of hydrogen-bond donors (Lipinski definition) is 2. The number of benzene rings is 2. The van der Waals surface area contributed by atoms with E-state index < -0.39 is 55.6 Å². The van der Waals surface area contributed by atoms with Gasteiger partial charge in [-0.25, -0.2) is 22.6 Å². The van der Waals surface area contributed by atoms with E-state index >= 15 is 0 Å². The number of sulfone groups is 1. The molecule has 2 N–H and O–H groups in total. The molecule has 1 atom stereocenters. The van der Waals surface area contributed by atoms with Gasteiger partial charge in [-0.05, 0) is 56.1 Å². The highest BCUT2D eigenvalue weighted by atomic mass is 32.2. The zero-order valence-electron chi connectivity index (χ0n) is 21.3. The van der Waals surface area contributed by atoms with Gasteiger partial charge in [0.25, 0.3) is 0 Å². The van der Waals surface area contributed by atoms with Crippen molar-refractivity contribution in [3.05, 3.63) is 75.5 Å². The maximum Gasteiger partial charge on any atom is 0.360 e. The lowest BCUT2D eigenvalue weighted by molar-refractivity contribution is -0.114. The molecule has 0 saturated heterocycles. The van der Waals surface area contributed by atoms with Crippen LogP contribution in [0.4, 0.5) is 15.1 Å². The van der Waals surface area contributed by atoms with E-state index in [-0.39, 0.29) is 16.3 Å². The highest BCUT2D eigenvalue weighted by Gasteiger charge is 2.35. The first-order chi connectivity index (χ1) is 18.4. The number of aromatic nitrogens is 1. The van der Waals surface area contributed by atoms with Gasteiger partial charge in [0.2, 0.25) is 15.7 Å². The minimum absolute atomic E-state index is 0.0963. The summed E-state index contributed by atoms with van der Waals surface area (Å²) in [5, 5.41) is 6.65. The lowest BCUT2D eigenvalue weighted by atomic mass is 10.2. The lowest BCUT2D eigenvalue weighted by Crippen LogP contribution is -2.27. The maximum atomic E-state index is 14.8. The van der Waals surface area contributed by atoms with Crippen molar-refractivity contribution in [1.29, 1.82) is 0 Å². The first-order valence-electron chi connectivity index (χ1n) is 11.3. The molecule has 0 spiro atoms. The zero-order chi connectivity index (χ0) is 28.8. The van der Waals surface area contributed by atoms with Gasteiger partial charge in [-0.15, -0.1) is 11.3 Å². The van der Waals surface area contributed by atoms with Gasteiger partial charge in [0.15, 0.2) is 11.1 Å². The summed E-state index contributed by atoms with van der Waals surface area (Å²) in [5.41, 5.74) is 8.44. The highest BCUT2D eigenvalue weighted by molar-refractivity contribution is 7.92. The number of nitrogens with one attached hydrogen (secondary N) is 2. The van der Waals surface area contributed by atoms with Gasteiger partial charge in [0.1, 0.15) is 28.7 Å². The van der Waals surface area contributed by atoms with Crippen molar-refractivity contribution in [2.45, 2.75) is 36.6 Å². The second kappa shape index (κ2) is 12.1. The van der Waals surface area contributed by atoms with Crippen LogP contribution in [0.25, 0.3) is 10.4 Å². The molecular formula is C24H25FN6O6S2. The van der Waals surface area contributed by atoms with Crippen LogP contribution < -0.4 is 15.4 Å². The Morgan fingerprint density at radius 1 is 1.21 bits per heavy atom. The molecule has 0 saturated carbocycles. The number of hydrogen-bond acceptors (Lipinski definition) is 10. The molecule has 1 aromatic heterocycles. The molecule has 206 valence electrons. The van der Waals surface area contributed by atoms with Crippen molar-refractivity contribution >= 4 is 43.7 Å². The molecule has 2 aromatic carbocycles. The molecule has 3 aromatic rings. The van der Waals surface area contributed by atoms with E-state index in [1.54, 1.807) is 20.8 Å². The van der Waals surface area contributed by atoms with E-state index in [4.69, 9.17) is 15.0 Å². The maximum absolute atomic E-state index is 14.8. The molecule has 3 rings (SSSR count). The van der Waals surface area contributed by atoms with E-state index in [0.717, 1.165) is 23.5 Å². The molecule has 1 amide bonds. The summed E-state index contributed by atoms with van der Waals surface area (Å²) in [6.07, 6.45) is 0. The van der Waals surface area contributed by atoms with Crippen LogP contribution >= 0.6 is 11.3 Å². The molecular weight excluding hydrogens is 551 g/mol. The predicted molar refractivity (Wildman–Crippen MR) is 143 cm³/mol. The van der Waals surface area contributed by atoms with Crippen molar-refractivity contribution in [3.8, 4) is 5.75 Å². The number of para-hydroxylation sites is 1. The summed E-state index contributed by atoms with van der Waals surface area (Å²) >= 11 is 0.970. The minimum Gasteiger partial charge on any atom is -0.497 e. The quantitative estimate of drug-likeness (QED) is 0.145. The summed E-state index contributed by atoms with van der Waals surface area (Å²) in [6.45, 7) is 4.36. The van der Waals surface area contributed by atoms with Crippen LogP contribution in [0, 0.1) is 5.82 Å². The fourth-order valence-corrected chi connectivity index (χ4v) is 5.84. The number of amides is 1. The first-order valence-corrected chi connectivity index (χ1v) is 13.7. The number of nitrogens with zero attached hydrogens (tertiary/aromatic N) is 4. The standard InChI is InChI=1S/C24H25FN6O6S2/c1-24(2,3)37-23(33)20-21(38-13-27-20)30-22(14-8-10-15(36-4)11-9-14)39(34,35)17-7-5-6-16(25)19(17)29-18(32)12-28-31-26/h5-11,13,22,30H,12H2,1-4H3,(H,29,32). The largest absolute Gasteiger partial charge is 0.497 e. The fraction of sp³-hybridized carbons (Fsp3) is 0.292. The fourth-order valence-electron chi connectivity index (χ4n) is 3.32. The van der Waals surface area contributed by atoms with Crippen LogP contribution in [0.15, 0.2) is 58.0 Å². The molecule has 1 heterocycles. The van der Waals surface area contributed by atoms with E-state index in [0.29, 0.717) is 5.75 Å². The number of thiazole rings is 1. The van der Waals surface area contributed by atoms with Crippen LogP contribution in [0.5, 0.6) is 5.75 Å². The van der Waals surface area contributed by atoms with Crippen LogP contribution in [-0.4, -0.2) is 44.5 Å². The van der Waals surface area contributed by atoms with Crippen molar-refractivity contribution in [3.63, 3.8) is 0 Å². The topological polar surface area (TPSA) is 172 Å². The third-order valence-electron chi connectivity index (χ3n) is 4.97.